The van der Waals surface area contributed by atoms with Crippen LogP contribution in [0.3, 0.4) is 0 Å². The lowest BCUT2D eigenvalue weighted by Crippen LogP contribution is -2.45. The van der Waals surface area contributed by atoms with Gasteiger partial charge in [-0.15, -0.1) is 0 Å². The standard InChI is InChI=1S/C25H31N3O2/c1-26-24(30)25(13-16-28(18-25)23(29)20-7-3-2-4-8-20)17-21-9-5-6-10-22(21)19-11-14-27-15-12-19/h5-6,9-12,14-15,20H,2-4,7-8,13,16-18H2,1H3,(H,26,30)/t25-/m0/s1. The summed E-state index contributed by atoms with van der Waals surface area (Å²) in [6.07, 6.45) is 10.4. The molecule has 0 unspecified atom stereocenters. The lowest BCUT2D eigenvalue weighted by molar-refractivity contribution is -0.137. The van der Waals surface area contributed by atoms with Crippen molar-refractivity contribution in [2.75, 3.05) is 20.1 Å². The third-order valence-corrected chi connectivity index (χ3v) is 6.87. The van der Waals surface area contributed by atoms with Gasteiger partial charge in [0.05, 0.1) is 5.41 Å². The molecule has 2 aliphatic rings. The Morgan fingerprint density at radius 1 is 1.10 bits per heavy atom. The predicted octanol–water partition coefficient (Wildman–Crippen LogP) is 3.84. The van der Waals surface area contributed by atoms with E-state index < -0.39 is 5.41 Å². The van der Waals surface area contributed by atoms with Gasteiger partial charge in [0, 0.05) is 38.4 Å². The number of benzene rings is 1. The maximum atomic E-state index is 13.1. The molecule has 30 heavy (non-hydrogen) atoms. The molecule has 4 rings (SSSR count). The molecule has 0 radical (unpaired) electrons. The number of carbonyl (C=O) groups is 2. The fourth-order valence-corrected chi connectivity index (χ4v) is 5.20. The highest BCUT2D eigenvalue weighted by atomic mass is 16.2. The third-order valence-electron chi connectivity index (χ3n) is 6.87. The molecule has 1 saturated carbocycles. The van der Waals surface area contributed by atoms with Crippen molar-refractivity contribution in [1.29, 1.82) is 0 Å². The number of pyridine rings is 1. The highest BCUT2D eigenvalue weighted by molar-refractivity contribution is 5.86. The molecule has 1 aromatic carbocycles. The molecule has 2 fully saturated rings. The first kappa shape index (κ1) is 20.6. The molecule has 1 atom stereocenters. The molecule has 1 saturated heterocycles. The van der Waals surface area contributed by atoms with Gasteiger partial charge in [-0.3, -0.25) is 14.6 Å². The van der Waals surface area contributed by atoms with Gasteiger partial charge in [-0.1, -0.05) is 43.5 Å². The van der Waals surface area contributed by atoms with Crippen LogP contribution in [0.25, 0.3) is 11.1 Å². The number of aromatic nitrogens is 1. The Balaban J connectivity index is 1.59. The van der Waals surface area contributed by atoms with Crippen molar-refractivity contribution in [3.05, 3.63) is 54.4 Å². The van der Waals surface area contributed by atoms with Gasteiger partial charge in [-0.25, -0.2) is 0 Å². The smallest absolute Gasteiger partial charge is 0.228 e. The van der Waals surface area contributed by atoms with Crippen LogP contribution < -0.4 is 5.32 Å². The van der Waals surface area contributed by atoms with Crippen LogP contribution in [-0.2, 0) is 16.0 Å². The van der Waals surface area contributed by atoms with Crippen molar-refractivity contribution in [3.63, 3.8) is 0 Å². The Morgan fingerprint density at radius 2 is 1.83 bits per heavy atom. The quantitative estimate of drug-likeness (QED) is 0.822. The molecule has 1 N–H and O–H groups in total. The Hall–Kier alpha value is -2.69. The fraction of sp³-hybridized carbons (Fsp3) is 0.480. The average molecular weight is 406 g/mol. The van der Waals surface area contributed by atoms with E-state index in [0.717, 1.165) is 42.4 Å². The molecule has 2 aromatic rings. The van der Waals surface area contributed by atoms with Gasteiger partial charge in [-0.05, 0) is 54.5 Å². The maximum absolute atomic E-state index is 13.1. The number of hydrogen-bond donors (Lipinski definition) is 1. The highest BCUT2D eigenvalue weighted by Gasteiger charge is 2.46. The largest absolute Gasteiger partial charge is 0.359 e. The first-order valence-corrected chi connectivity index (χ1v) is 11.1. The van der Waals surface area contributed by atoms with E-state index in [0.29, 0.717) is 25.9 Å². The summed E-state index contributed by atoms with van der Waals surface area (Å²) < 4.78 is 0. The fourth-order valence-electron chi connectivity index (χ4n) is 5.20. The highest BCUT2D eigenvalue weighted by Crippen LogP contribution is 2.39. The number of nitrogens with one attached hydrogen (secondary N) is 1. The number of rotatable bonds is 5. The minimum atomic E-state index is -0.581. The van der Waals surface area contributed by atoms with Crippen molar-refractivity contribution in [2.45, 2.75) is 44.9 Å². The zero-order chi connectivity index (χ0) is 21.0. The van der Waals surface area contributed by atoms with E-state index in [1.165, 1.54) is 6.42 Å². The van der Waals surface area contributed by atoms with Crippen molar-refractivity contribution >= 4 is 11.8 Å². The van der Waals surface area contributed by atoms with Crippen molar-refractivity contribution in [1.82, 2.24) is 15.2 Å². The van der Waals surface area contributed by atoms with Gasteiger partial charge in [0.2, 0.25) is 11.8 Å². The minimum Gasteiger partial charge on any atom is -0.359 e. The monoisotopic (exact) mass is 405 g/mol. The van der Waals surface area contributed by atoms with E-state index in [2.05, 4.69) is 22.4 Å². The van der Waals surface area contributed by atoms with E-state index in [-0.39, 0.29) is 17.7 Å². The lowest BCUT2D eigenvalue weighted by atomic mass is 9.78. The van der Waals surface area contributed by atoms with Gasteiger partial charge in [0.15, 0.2) is 0 Å². The second-order valence-electron chi connectivity index (χ2n) is 8.77. The molecule has 0 spiro atoms. The molecular weight excluding hydrogens is 374 g/mol. The summed E-state index contributed by atoms with van der Waals surface area (Å²) in [6, 6.07) is 12.3. The Morgan fingerprint density at radius 3 is 2.57 bits per heavy atom. The van der Waals surface area contributed by atoms with Crippen molar-refractivity contribution in [2.24, 2.45) is 11.3 Å². The van der Waals surface area contributed by atoms with E-state index >= 15 is 0 Å². The lowest BCUT2D eigenvalue weighted by Gasteiger charge is -2.30. The number of carbonyl (C=O) groups excluding carboxylic acids is 2. The summed E-state index contributed by atoms with van der Waals surface area (Å²) in [4.78, 5) is 32.3. The molecule has 0 bridgehead atoms. The van der Waals surface area contributed by atoms with Crippen molar-refractivity contribution < 1.29 is 9.59 Å². The summed E-state index contributed by atoms with van der Waals surface area (Å²) in [5, 5.41) is 2.88. The van der Waals surface area contributed by atoms with Gasteiger partial charge in [0.25, 0.3) is 0 Å². The van der Waals surface area contributed by atoms with Crippen LogP contribution in [0.4, 0.5) is 0 Å². The van der Waals surface area contributed by atoms with E-state index in [4.69, 9.17) is 0 Å². The van der Waals surface area contributed by atoms with Crippen LogP contribution >= 0.6 is 0 Å². The zero-order valence-corrected chi connectivity index (χ0v) is 17.8. The zero-order valence-electron chi connectivity index (χ0n) is 17.8. The molecular formula is C25H31N3O2. The number of nitrogens with zero attached hydrogens (tertiary/aromatic N) is 2. The summed E-state index contributed by atoms with van der Waals surface area (Å²) in [5.74, 6) is 0.428. The van der Waals surface area contributed by atoms with Crippen LogP contribution in [0, 0.1) is 11.3 Å². The van der Waals surface area contributed by atoms with Crippen molar-refractivity contribution in [3.8, 4) is 11.1 Å². The Bertz CT molecular complexity index is 892. The average Bonchev–Trinajstić information content (AvgIpc) is 3.24. The van der Waals surface area contributed by atoms with E-state index in [9.17, 15) is 9.59 Å². The second-order valence-corrected chi connectivity index (χ2v) is 8.77. The number of likely N-dealkylation sites (tertiary alicyclic amines) is 1. The molecule has 1 aliphatic carbocycles. The van der Waals surface area contributed by atoms with Crippen LogP contribution in [0.2, 0.25) is 0 Å². The minimum absolute atomic E-state index is 0.0333. The van der Waals surface area contributed by atoms with Gasteiger partial charge >= 0.3 is 0 Å². The van der Waals surface area contributed by atoms with Crippen LogP contribution in [0.15, 0.2) is 48.8 Å². The van der Waals surface area contributed by atoms with Crippen LogP contribution in [0.1, 0.15) is 44.1 Å². The summed E-state index contributed by atoms with van der Waals surface area (Å²) >= 11 is 0. The first-order valence-electron chi connectivity index (χ1n) is 11.1. The molecule has 2 heterocycles. The predicted molar refractivity (Wildman–Crippen MR) is 118 cm³/mol. The molecule has 2 amide bonds. The molecule has 158 valence electrons. The maximum Gasteiger partial charge on any atom is 0.228 e. The van der Waals surface area contributed by atoms with Gasteiger partial charge in [-0.2, -0.15) is 0 Å². The number of hydrogen-bond acceptors (Lipinski definition) is 3. The van der Waals surface area contributed by atoms with Gasteiger partial charge < -0.3 is 10.2 Å². The molecule has 5 heteroatoms. The molecule has 1 aliphatic heterocycles. The van der Waals surface area contributed by atoms with Crippen LogP contribution in [-0.4, -0.2) is 41.8 Å². The molecule has 5 nitrogen and oxygen atoms in total. The normalized spacial score (nSPS) is 22.1. The first-order chi connectivity index (χ1) is 14.6. The van der Waals surface area contributed by atoms with E-state index in [1.807, 2.05) is 29.2 Å². The third kappa shape index (κ3) is 4.11. The molecule has 1 aromatic heterocycles. The summed E-state index contributed by atoms with van der Waals surface area (Å²) in [6.45, 7) is 1.17. The second kappa shape index (κ2) is 8.99. The number of amides is 2. The SMILES string of the molecule is CNC(=O)[C@]1(Cc2ccccc2-c2ccncc2)CCN(C(=O)C2CCCCC2)C1. The van der Waals surface area contributed by atoms with Crippen LogP contribution in [0.5, 0.6) is 0 Å². The Labute approximate surface area is 178 Å². The Kier molecular flexibility index (Phi) is 6.16. The summed E-state index contributed by atoms with van der Waals surface area (Å²) in [7, 11) is 1.70. The summed E-state index contributed by atoms with van der Waals surface area (Å²) in [5.41, 5.74) is 2.78. The van der Waals surface area contributed by atoms with E-state index in [1.54, 1.807) is 19.4 Å². The van der Waals surface area contributed by atoms with Gasteiger partial charge in [0.1, 0.15) is 0 Å². The topological polar surface area (TPSA) is 62.3 Å².